The van der Waals surface area contributed by atoms with Crippen LogP contribution in [0.3, 0.4) is 0 Å². The van der Waals surface area contributed by atoms with Crippen molar-refractivity contribution in [1.82, 2.24) is 4.98 Å². The molecule has 3 heteroatoms. The molecule has 1 aromatic carbocycles. The molecule has 0 amide bonds. The lowest BCUT2D eigenvalue weighted by molar-refractivity contribution is -0.0908. The summed E-state index contributed by atoms with van der Waals surface area (Å²) in [5.74, 6) is 4.02. The molecule has 0 N–H and O–H groups in total. The minimum atomic E-state index is 0.120. The number of nitrogens with zero attached hydrogens (tertiary/aromatic N) is 2. The van der Waals surface area contributed by atoms with Gasteiger partial charge in [-0.25, -0.2) is 4.98 Å². The van der Waals surface area contributed by atoms with E-state index in [4.69, 9.17) is 4.98 Å². The van der Waals surface area contributed by atoms with Crippen LogP contribution in [0, 0.1) is 40.4 Å². The van der Waals surface area contributed by atoms with Crippen LogP contribution in [0.2, 0.25) is 0 Å². The van der Waals surface area contributed by atoms with Crippen molar-refractivity contribution < 1.29 is 0 Å². The predicted octanol–water partition coefficient (Wildman–Crippen LogP) is 8.34. The fourth-order valence-corrected chi connectivity index (χ4v) is 9.77. The van der Waals surface area contributed by atoms with Crippen LogP contribution in [0.25, 0.3) is 11.1 Å². The van der Waals surface area contributed by atoms with E-state index in [0.29, 0.717) is 11.3 Å². The molecule has 0 unspecified atom stereocenters. The van der Waals surface area contributed by atoms with Crippen LogP contribution in [0.5, 0.6) is 0 Å². The summed E-state index contributed by atoms with van der Waals surface area (Å²) in [6, 6.07) is 13.2. The first-order valence-electron chi connectivity index (χ1n) is 13.8. The van der Waals surface area contributed by atoms with Gasteiger partial charge in [-0.05, 0) is 85.2 Å². The van der Waals surface area contributed by atoms with Gasteiger partial charge in [0, 0.05) is 16.7 Å². The van der Waals surface area contributed by atoms with Crippen molar-refractivity contribution in [3.63, 3.8) is 0 Å². The number of fused-ring (bicyclic) bond motifs is 7. The van der Waals surface area contributed by atoms with Crippen LogP contribution in [-0.2, 0) is 11.8 Å². The molecule has 1 heterocycles. The van der Waals surface area contributed by atoms with Gasteiger partial charge in [0.2, 0.25) is 0 Å². The fraction of sp³-hybridized carbons (Fsp3) is 0.562. The smallest absolute Gasteiger partial charge is 0.115 e. The molecule has 0 spiro atoms. The first-order chi connectivity index (χ1) is 17.0. The van der Waals surface area contributed by atoms with Gasteiger partial charge in [-0.2, -0.15) is 5.26 Å². The molecule has 182 valence electrons. The largest absolute Gasteiger partial charge is 0.244 e. The zero-order chi connectivity index (χ0) is 24.2. The van der Waals surface area contributed by atoms with Crippen molar-refractivity contribution in [2.75, 3.05) is 5.75 Å². The molecule has 0 bridgehead atoms. The third-order valence-corrected chi connectivity index (χ3v) is 11.7. The summed E-state index contributed by atoms with van der Waals surface area (Å²) in [4.78, 5) is 5.33. The highest BCUT2D eigenvalue weighted by atomic mass is 32.2. The van der Waals surface area contributed by atoms with Gasteiger partial charge in [-0.1, -0.05) is 63.1 Å². The summed E-state index contributed by atoms with van der Waals surface area (Å²) < 4.78 is 0. The number of nitriles is 1. The first kappa shape index (κ1) is 23.4. The Morgan fingerprint density at radius 3 is 2.69 bits per heavy atom. The van der Waals surface area contributed by atoms with Crippen LogP contribution in [0.4, 0.5) is 0 Å². The maximum atomic E-state index is 10.3. The van der Waals surface area contributed by atoms with Gasteiger partial charge in [0.05, 0.1) is 11.3 Å². The third kappa shape index (κ3) is 3.46. The second kappa shape index (κ2) is 8.81. The number of aromatic nitrogens is 1. The van der Waals surface area contributed by atoms with Crippen LogP contribution in [0.1, 0.15) is 82.0 Å². The van der Waals surface area contributed by atoms with Gasteiger partial charge in [-0.15, -0.1) is 18.3 Å². The van der Waals surface area contributed by atoms with E-state index in [1.54, 1.807) is 11.8 Å². The maximum absolute atomic E-state index is 10.3. The maximum Gasteiger partial charge on any atom is 0.115 e. The Balaban J connectivity index is 1.48. The zero-order valence-corrected chi connectivity index (χ0v) is 22.2. The summed E-state index contributed by atoms with van der Waals surface area (Å²) in [5, 5.41) is 11.2. The van der Waals surface area contributed by atoms with E-state index < -0.39 is 0 Å². The third-order valence-electron chi connectivity index (χ3n) is 10.7. The molecule has 3 saturated carbocycles. The van der Waals surface area contributed by atoms with Gasteiger partial charge < -0.3 is 0 Å². The summed E-state index contributed by atoms with van der Waals surface area (Å²) >= 11 is 1.67. The van der Waals surface area contributed by atoms with E-state index in [9.17, 15) is 5.26 Å². The van der Waals surface area contributed by atoms with E-state index in [0.717, 1.165) is 46.1 Å². The minimum absolute atomic E-state index is 0.120. The average Bonchev–Trinajstić information content (AvgIpc) is 3.18. The summed E-state index contributed by atoms with van der Waals surface area (Å²) in [6.07, 6.45) is 14.2. The van der Waals surface area contributed by atoms with Crippen molar-refractivity contribution in [3.8, 4) is 17.2 Å². The molecule has 4 aliphatic rings. The molecule has 0 saturated heterocycles. The van der Waals surface area contributed by atoms with E-state index in [1.165, 1.54) is 68.2 Å². The average molecular weight is 483 g/mol. The molecule has 2 nitrogen and oxygen atoms in total. The highest BCUT2D eigenvalue weighted by Crippen LogP contribution is 2.66. The summed E-state index contributed by atoms with van der Waals surface area (Å²) in [5.41, 5.74) is 6.44. The molecule has 1 aromatic heterocycles. The van der Waals surface area contributed by atoms with Crippen molar-refractivity contribution in [2.24, 2.45) is 29.1 Å². The van der Waals surface area contributed by atoms with Gasteiger partial charge >= 0.3 is 0 Å². The lowest BCUT2D eigenvalue weighted by Gasteiger charge is -2.59. The molecule has 4 aliphatic carbocycles. The summed E-state index contributed by atoms with van der Waals surface area (Å²) in [6.45, 7) is 9.09. The van der Waals surface area contributed by atoms with Crippen LogP contribution >= 0.6 is 11.8 Å². The molecule has 35 heavy (non-hydrogen) atoms. The second-order valence-corrected chi connectivity index (χ2v) is 13.1. The normalized spacial score (nSPS) is 35.2. The van der Waals surface area contributed by atoms with Crippen molar-refractivity contribution in [2.45, 2.75) is 82.1 Å². The number of hydrogen-bond acceptors (Lipinski definition) is 3. The van der Waals surface area contributed by atoms with Crippen molar-refractivity contribution >= 4 is 11.8 Å². The lowest BCUT2D eigenvalue weighted by Crippen LogP contribution is -2.53. The number of thioether (sulfide) groups is 1. The Morgan fingerprint density at radius 2 is 1.91 bits per heavy atom. The van der Waals surface area contributed by atoms with E-state index in [1.807, 2.05) is 6.08 Å². The van der Waals surface area contributed by atoms with Gasteiger partial charge in [0.25, 0.3) is 0 Å². The Bertz CT molecular complexity index is 1180. The van der Waals surface area contributed by atoms with E-state index >= 15 is 0 Å². The number of hydrogen-bond donors (Lipinski definition) is 0. The Hall–Kier alpha value is -2.05. The van der Waals surface area contributed by atoms with Gasteiger partial charge in [0.15, 0.2) is 0 Å². The standard InChI is InChI=1S/C32H38N2S/c1-4-18-35-30-25(20-33)28(21-10-6-5-7-11-21)24-19-27-23-14-13-22-12-8-9-16-31(22,2)26(23)15-17-32(27,3)29(24)34-30/h4-7,10-11,22-23,26-27H,1,8-9,12-19H2,2-3H3/t22-,23+,26-,27-,31-,32-/m0/s1. The Kier molecular flexibility index (Phi) is 5.88. The Morgan fingerprint density at radius 1 is 1.09 bits per heavy atom. The highest BCUT2D eigenvalue weighted by molar-refractivity contribution is 7.99. The molecule has 6 atom stereocenters. The molecule has 0 aliphatic heterocycles. The SMILES string of the molecule is C=CCSc1nc2c(c(-c3ccccc3)c1C#N)C[C@H]1[C@@H]3CC[C@@H]4CCCC[C@]4(C)[C@H]3CC[C@]21C. The van der Waals surface area contributed by atoms with Crippen molar-refractivity contribution in [1.29, 1.82) is 5.26 Å². The first-order valence-corrected chi connectivity index (χ1v) is 14.8. The Labute approximate surface area is 215 Å². The highest BCUT2D eigenvalue weighted by Gasteiger charge is 2.59. The quantitative estimate of drug-likeness (QED) is 0.324. The lowest BCUT2D eigenvalue weighted by atomic mass is 9.45. The molecule has 3 fully saturated rings. The number of benzene rings is 1. The van der Waals surface area contributed by atoms with Crippen LogP contribution in [-0.4, -0.2) is 10.7 Å². The molecule has 6 rings (SSSR count). The number of rotatable bonds is 4. The van der Waals surface area contributed by atoms with E-state index in [-0.39, 0.29) is 5.41 Å². The van der Waals surface area contributed by atoms with Crippen LogP contribution < -0.4 is 0 Å². The van der Waals surface area contributed by atoms with Crippen molar-refractivity contribution in [3.05, 3.63) is 59.8 Å². The zero-order valence-electron chi connectivity index (χ0n) is 21.4. The molecule has 2 aromatic rings. The minimum Gasteiger partial charge on any atom is -0.244 e. The number of pyridine rings is 1. The van der Waals surface area contributed by atoms with Gasteiger partial charge in [-0.3, -0.25) is 0 Å². The van der Waals surface area contributed by atoms with Gasteiger partial charge in [0.1, 0.15) is 11.1 Å². The summed E-state index contributed by atoms with van der Waals surface area (Å²) in [7, 11) is 0. The fourth-order valence-electron chi connectivity index (χ4n) is 9.05. The molecular weight excluding hydrogens is 444 g/mol. The predicted molar refractivity (Wildman–Crippen MR) is 145 cm³/mol. The topological polar surface area (TPSA) is 36.7 Å². The molecule has 0 radical (unpaired) electrons. The molecular formula is C32H38N2S. The van der Waals surface area contributed by atoms with Crippen LogP contribution in [0.15, 0.2) is 48.0 Å². The van der Waals surface area contributed by atoms with E-state index in [2.05, 4.69) is 56.8 Å². The second-order valence-electron chi connectivity index (χ2n) is 12.1. The monoisotopic (exact) mass is 482 g/mol.